The zero-order valence-corrected chi connectivity index (χ0v) is 16.9. The minimum atomic E-state index is -0.681. The van der Waals surface area contributed by atoms with Gasteiger partial charge in [-0.25, -0.2) is 0 Å². The van der Waals surface area contributed by atoms with Crippen LogP contribution in [0.15, 0.2) is 46.9 Å². The van der Waals surface area contributed by atoms with Gasteiger partial charge < -0.3 is 15.4 Å². The number of rotatable bonds is 6. The first kappa shape index (κ1) is 20.0. The van der Waals surface area contributed by atoms with Crippen molar-refractivity contribution in [1.29, 1.82) is 0 Å². The fraction of sp³-hybridized carbons (Fsp3) is 0.300. The number of hydrogen-bond acceptors (Lipinski definition) is 3. The number of amides is 2. The summed E-state index contributed by atoms with van der Waals surface area (Å²) >= 11 is 3.36. The van der Waals surface area contributed by atoms with Gasteiger partial charge in [-0.3, -0.25) is 9.59 Å². The summed E-state index contributed by atoms with van der Waals surface area (Å²) in [6.45, 7) is 5.71. The first-order chi connectivity index (χ1) is 12.3. The Morgan fingerprint density at radius 2 is 1.81 bits per heavy atom. The van der Waals surface area contributed by atoms with Crippen LogP contribution in [0.4, 0.5) is 5.69 Å². The zero-order chi connectivity index (χ0) is 19.3. The van der Waals surface area contributed by atoms with Gasteiger partial charge in [0.05, 0.1) is 18.4 Å². The Kier molecular flexibility index (Phi) is 6.80. The van der Waals surface area contributed by atoms with Crippen molar-refractivity contribution in [2.75, 3.05) is 12.4 Å². The van der Waals surface area contributed by atoms with Gasteiger partial charge in [-0.15, -0.1) is 0 Å². The number of anilines is 1. The molecule has 5 nitrogen and oxygen atoms in total. The van der Waals surface area contributed by atoms with Crippen LogP contribution in [0.25, 0.3) is 0 Å². The summed E-state index contributed by atoms with van der Waals surface area (Å²) in [5, 5.41) is 5.69. The van der Waals surface area contributed by atoms with E-state index in [4.69, 9.17) is 4.74 Å². The molecule has 0 aliphatic heterocycles. The molecule has 2 aromatic carbocycles. The van der Waals surface area contributed by atoms with Crippen LogP contribution in [0.1, 0.15) is 29.8 Å². The molecule has 1 atom stereocenters. The highest BCUT2D eigenvalue weighted by molar-refractivity contribution is 9.10. The molecule has 1 unspecified atom stereocenters. The van der Waals surface area contributed by atoms with Gasteiger partial charge in [0.2, 0.25) is 5.91 Å². The molecular formula is C20H23BrN2O3. The van der Waals surface area contributed by atoms with E-state index < -0.39 is 6.04 Å². The molecule has 0 aliphatic rings. The number of hydrogen-bond donors (Lipinski definition) is 2. The van der Waals surface area contributed by atoms with Crippen LogP contribution in [0.3, 0.4) is 0 Å². The number of carbonyl (C=O) groups excluding carboxylic acids is 2. The van der Waals surface area contributed by atoms with E-state index in [-0.39, 0.29) is 17.7 Å². The molecule has 2 rings (SSSR count). The monoisotopic (exact) mass is 418 g/mol. The SMILES string of the molecule is COc1ccc(C)cc1NC(=O)C(NC(=O)c1ccccc1Br)C(C)C. The Hall–Kier alpha value is -2.34. The molecule has 2 aromatic rings. The van der Waals surface area contributed by atoms with E-state index in [2.05, 4.69) is 26.6 Å². The lowest BCUT2D eigenvalue weighted by Crippen LogP contribution is -2.47. The van der Waals surface area contributed by atoms with E-state index in [9.17, 15) is 9.59 Å². The van der Waals surface area contributed by atoms with Crippen molar-refractivity contribution in [3.05, 3.63) is 58.1 Å². The maximum atomic E-state index is 12.8. The van der Waals surface area contributed by atoms with Gasteiger partial charge in [0.1, 0.15) is 11.8 Å². The van der Waals surface area contributed by atoms with Crippen molar-refractivity contribution < 1.29 is 14.3 Å². The normalized spacial score (nSPS) is 11.8. The highest BCUT2D eigenvalue weighted by atomic mass is 79.9. The van der Waals surface area contributed by atoms with E-state index in [0.29, 0.717) is 21.5 Å². The Morgan fingerprint density at radius 1 is 1.12 bits per heavy atom. The highest BCUT2D eigenvalue weighted by Crippen LogP contribution is 2.26. The van der Waals surface area contributed by atoms with Gasteiger partial charge in [0.15, 0.2) is 0 Å². The van der Waals surface area contributed by atoms with E-state index in [1.54, 1.807) is 31.4 Å². The van der Waals surface area contributed by atoms with Crippen LogP contribution in [-0.4, -0.2) is 25.0 Å². The molecule has 0 heterocycles. The van der Waals surface area contributed by atoms with Gasteiger partial charge >= 0.3 is 0 Å². The van der Waals surface area contributed by atoms with Crippen molar-refractivity contribution in [2.24, 2.45) is 5.92 Å². The Balaban J connectivity index is 2.19. The fourth-order valence-electron chi connectivity index (χ4n) is 2.53. The van der Waals surface area contributed by atoms with Crippen molar-refractivity contribution in [2.45, 2.75) is 26.8 Å². The highest BCUT2D eigenvalue weighted by Gasteiger charge is 2.26. The molecule has 2 N–H and O–H groups in total. The molecule has 0 spiro atoms. The predicted molar refractivity (Wildman–Crippen MR) is 107 cm³/mol. The molecule has 2 amide bonds. The van der Waals surface area contributed by atoms with Crippen molar-refractivity contribution >= 4 is 33.4 Å². The maximum Gasteiger partial charge on any atom is 0.253 e. The third-order valence-electron chi connectivity index (χ3n) is 3.97. The van der Waals surface area contributed by atoms with Gasteiger partial charge in [-0.2, -0.15) is 0 Å². The Morgan fingerprint density at radius 3 is 2.42 bits per heavy atom. The minimum absolute atomic E-state index is 0.0859. The number of ether oxygens (including phenoxy) is 1. The Bertz CT molecular complexity index is 805. The second kappa shape index (κ2) is 8.85. The number of nitrogens with one attached hydrogen (secondary N) is 2. The summed E-state index contributed by atoms with van der Waals surface area (Å²) < 4.78 is 5.98. The van der Waals surface area contributed by atoms with Crippen molar-refractivity contribution in [3.8, 4) is 5.75 Å². The number of methoxy groups -OCH3 is 1. The molecule has 0 fully saturated rings. The lowest BCUT2D eigenvalue weighted by Gasteiger charge is -2.22. The van der Waals surface area contributed by atoms with Gasteiger partial charge in [0.25, 0.3) is 5.91 Å². The number of halogens is 1. The molecular weight excluding hydrogens is 396 g/mol. The van der Waals surface area contributed by atoms with E-state index >= 15 is 0 Å². The largest absolute Gasteiger partial charge is 0.495 e. The summed E-state index contributed by atoms with van der Waals surface area (Å²) in [5.41, 5.74) is 2.07. The van der Waals surface area contributed by atoms with E-state index in [0.717, 1.165) is 5.56 Å². The number of carbonyl (C=O) groups is 2. The molecule has 0 saturated carbocycles. The van der Waals surface area contributed by atoms with Crippen LogP contribution in [0, 0.1) is 12.8 Å². The Labute approximate surface area is 162 Å². The van der Waals surface area contributed by atoms with E-state index in [1.807, 2.05) is 39.0 Å². The maximum absolute atomic E-state index is 12.8. The summed E-state index contributed by atoms with van der Waals surface area (Å²) in [5.74, 6) is -0.104. The average Bonchev–Trinajstić information content (AvgIpc) is 2.59. The summed E-state index contributed by atoms with van der Waals surface area (Å²) in [7, 11) is 1.55. The average molecular weight is 419 g/mol. The van der Waals surface area contributed by atoms with Gasteiger partial charge in [0, 0.05) is 4.47 Å². The van der Waals surface area contributed by atoms with Crippen molar-refractivity contribution in [1.82, 2.24) is 5.32 Å². The van der Waals surface area contributed by atoms with E-state index in [1.165, 1.54) is 0 Å². The van der Waals surface area contributed by atoms with Crippen LogP contribution >= 0.6 is 15.9 Å². The molecule has 26 heavy (non-hydrogen) atoms. The molecule has 138 valence electrons. The van der Waals surface area contributed by atoms with Gasteiger partial charge in [-0.05, 0) is 58.6 Å². The van der Waals surface area contributed by atoms with Crippen LogP contribution in [0.2, 0.25) is 0 Å². The zero-order valence-electron chi connectivity index (χ0n) is 15.3. The summed E-state index contributed by atoms with van der Waals surface area (Å²) in [6.07, 6.45) is 0. The second-order valence-corrected chi connectivity index (χ2v) is 7.22. The van der Waals surface area contributed by atoms with Crippen LogP contribution in [-0.2, 0) is 4.79 Å². The standard InChI is InChI=1S/C20H23BrN2O3/c1-12(2)18(23-19(24)14-7-5-6-8-15(14)21)20(25)22-16-11-13(3)9-10-17(16)26-4/h5-12,18H,1-4H3,(H,22,25)(H,23,24). The predicted octanol–water partition coefficient (Wildman–Crippen LogP) is 4.16. The topological polar surface area (TPSA) is 67.4 Å². The first-order valence-electron chi connectivity index (χ1n) is 8.34. The molecule has 6 heteroatoms. The smallest absolute Gasteiger partial charge is 0.253 e. The number of benzene rings is 2. The third kappa shape index (κ3) is 4.85. The van der Waals surface area contributed by atoms with Gasteiger partial charge in [-0.1, -0.05) is 32.0 Å². The summed E-state index contributed by atoms with van der Waals surface area (Å²) in [6, 6.07) is 12.0. The lowest BCUT2D eigenvalue weighted by atomic mass is 10.0. The fourth-order valence-corrected chi connectivity index (χ4v) is 2.99. The summed E-state index contributed by atoms with van der Waals surface area (Å²) in [4.78, 5) is 25.4. The second-order valence-electron chi connectivity index (χ2n) is 6.37. The lowest BCUT2D eigenvalue weighted by molar-refractivity contribution is -0.118. The molecule has 0 aliphatic carbocycles. The first-order valence-corrected chi connectivity index (χ1v) is 9.13. The molecule has 0 aromatic heterocycles. The quantitative estimate of drug-likeness (QED) is 0.739. The molecule has 0 radical (unpaired) electrons. The molecule has 0 saturated heterocycles. The van der Waals surface area contributed by atoms with Crippen LogP contribution in [0.5, 0.6) is 5.75 Å². The van der Waals surface area contributed by atoms with Crippen LogP contribution < -0.4 is 15.4 Å². The van der Waals surface area contributed by atoms with Crippen molar-refractivity contribution in [3.63, 3.8) is 0 Å². The minimum Gasteiger partial charge on any atom is -0.495 e. The third-order valence-corrected chi connectivity index (χ3v) is 4.66. The molecule has 0 bridgehead atoms. The number of aryl methyl sites for hydroxylation is 1.